The number of nitrogens with zero attached hydrogens (tertiary/aromatic N) is 1. The average Bonchev–Trinajstić information content (AvgIpc) is 3.70. The van der Waals surface area contributed by atoms with Gasteiger partial charge >= 0.3 is 6.18 Å². The highest BCUT2D eigenvalue weighted by atomic mass is 19.4. The van der Waals surface area contributed by atoms with E-state index in [2.05, 4.69) is 10.3 Å². The average molecular weight is 604 g/mol. The number of hydrogen-bond donors (Lipinski definition) is 3. The summed E-state index contributed by atoms with van der Waals surface area (Å²) in [5.74, 6) is -0.470. The van der Waals surface area contributed by atoms with Crippen LogP contribution in [0.2, 0.25) is 0 Å². The molecule has 0 spiro atoms. The summed E-state index contributed by atoms with van der Waals surface area (Å²) < 4.78 is 73.1. The molecule has 1 saturated carbocycles. The molecule has 1 fully saturated rings. The van der Waals surface area contributed by atoms with Gasteiger partial charge in [-0.05, 0) is 66.8 Å². The molecule has 2 aromatic carbocycles. The molecule has 5 rings (SSSR count). The summed E-state index contributed by atoms with van der Waals surface area (Å²) >= 11 is 0. The van der Waals surface area contributed by atoms with Gasteiger partial charge in [-0.15, -0.1) is 0 Å². The smallest absolute Gasteiger partial charge is 0.414 e. The molecule has 2 aliphatic rings. The molecule has 230 valence electrons. The standard InChI is InChI=1S/C31H33F4N3O5/c1-28(2,3)30(40,15-37-27(39)18-7-12-22(23(13-18)41-4)43-20-10-11-20)24-14-21-26(42-16-29(21,36)31(33,34)35)25(38-24)17-5-8-19(32)9-6-17/h5-9,12-14,20,40H,10-11,15-16,36H2,1-4H3,(H,37,39)/t29-,30-/m0/s1. The molecule has 2 heterocycles. The van der Waals surface area contributed by atoms with Crippen LogP contribution in [-0.4, -0.2) is 48.5 Å². The topological polar surface area (TPSA) is 116 Å². The van der Waals surface area contributed by atoms with Crippen molar-refractivity contribution >= 4 is 5.91 Å². The molecule has 1 aromatic heterocycles. The summed E-state index contributed by atoms with van der Waals surface area (Å²) in [6, 6.07) is 10.7. The maximum Gasteiger partial charge on any atom is 0.414 e. The Bertz CT molecular complexity index is 1540. The van der Waals surface area contributed by atoms with Crippen LogP contribution < -0.4 is 25.3 Å². The van der Waals surface area contributed by atoms with Crippen LogP contribution in [0.1, 0.15) is 55.2 Å². The van der Waals surface area contributed by atoms with Crippen LogP contribution in [0, 0.1) is 11.2 Å². The molecular formula is C31H33F4N3O5. The number of aliphatic hydroxyl groups is 1. The lowest BCUT2D eigenvalue weighted by atomic mass is 9.73. The highest BCUT2D eigenvalue weighted by Gasteiger charge is 2.59. The van der Waals surface area contributed by atoms with Gasteiger partial charge in [-0.3, -0.25) is 4.79 Å². The summed E-state index contributed by atoms with van der Waals surface area (Å²) in [6.07, 6.45) is -2.91. The summed E-state index contributed by atoms with van der Waals surface area (Å²) in [4.78, 5) is 17.8. The monoisotopic (exact) mass is 603 g/mol. The molecule has 1 aliphatic carbocycles. The zero-order chi connectivity index (χ0) is 31.4. The number of pyridine rings is 1. The second-order valence-corrected chi connectivity index (χ2v) is 12.0. The molecule has 1 aliphatic heterocycles. The van der Waals surface area contributed by atoms with Crippen molar-refractivity contribution in [1.82, 2.24) is 10.3 Å². The summed E-state index contributed by atoms with van der Waals surface area (Å²) in [5.41, 5.74) is -0.216. The van der Waals surface area contributed by atoms with Gasteiger partial charge in [-0.1, -0.05) is 20.8 Å². The first-order valence-electron chi connectivity index (χ1n) is 13.7. The number of carbonyl (C=O) groups excluding carboxylic acids is 1. The van der Waals surface area contributed by atoms with Crippen molar-refractivity contribution in [3.05, 3.63) is 71.2 Å². The minimum Gasteiger partial charge on any atom is -0.493 e. The fraction of sp³-hybridized carbons (Fsp3) is 0.419. The van der Waals surface area contributed by atoms with Crippen LogP contribution in [0.3, 0.4) is 0 Å². The molecule has 2 atom stereocenters. The number of ether oxygens (including phenoxy) is 3. The van der Waals surface area contributed by atoms with Gasteiger partial charge in [0.25, 0.3) is 5.91 Å². The van der Waals surface area contributed by atoms with Crippen LogP contribution >= 0.6 is 0 Å². The van der Waals surface area contributed by atoms with Gasteiger partial charge < -0.3 is 30.4 Å². The lowest BCUT2D eigenvalue weighted by molar-refractivity contribution is -0.191. The molecule has 12 heteroatoms. The normalized spacial score (nSPS) is 19.7. The van der Waals surface area contributed by atoms with E-state index in [1.54, 1.807) is 32.9 Å². The van der Waals surface area contributed by atoms with Crippen molar-refractivity contribution < 1.29 is 41.7 Å². The molecule has 0 radical (unpaired) electrons. The third-order valence-electron chi connectivity index (χ3n) is 7.93. The zero-order valence-corrected chi connectivity index (χ0v) is 24.1. The van der Waals surface area contributed by atoms with Gasteiger partial charge in [0.2, 0.25) is 0 Å². The number of amides is 1. The minimum absolute atomic E-state index is 0.0472. The van der Waals surface area contributed by atoms with Gasteiger partial charge in [-0.25, -0.2) is 9.37 Å². The molecule has 3 aromatic rings. The Hall–Kier alpha value is -3.90. The van der Waals surface area contributed by atoms with Crippen molar-refractivity contribution in [3.8, 4) is 28.5 Å². The number of benzene rings is 2. The molecule has 1 amide bonds. The highest BCUT2D eigenvalue weighted by Crippen LogP contribution is 2.51. The predicted molar refractivity (Wildman–Crippen MR) is 149 cm³/mol. The lowest BCUT2D eigenvalue weighted by Crippen LogP contribution is -2.52. The number of fused-ring (bicyclic) bond motifs is 1. The van der Waals surface area contributed by atoms with Crippen molar-refractivity contribution in [2.24, 2.45) is 11.1 Å². The van der Waals surface area contributed by atoms with Crippen molar-refractivity contribution in [1.29, 1.82) is 0 Å². The fourth-order valence-corrected chi connectivity index (χ4v) is 4.85. The number of carbonyl (C=O) groups is 1. The largest absolute Gasteiger partial charge is 0.493 e. The number of nitrogens with one attached hydrogen (secondary N) is 1. The Morgan fingerprint density at radius 2 is 1.79 bits per heavy atom. The first-order valence-corrected chi connectivity index (χ1v) is 13.7. The van der Waals surface area contributed by atoms with E-state index in [0.29, 0.717) is 11.5 Å². The van der Waals surface area contributed by atoms with Gasteiger partial charge in [0.05, 0.1) is 25.5 Å². The number of alkyl halides is 3. The molecule has 0 unspecified atom stereocenters. The van der Waals surface area contributed by atoms with E-state index < -0.39 is 53.2 Å². The fourth-order valence-electron chi connectivity index (χ4n) is 4.85. The summed E-state index contributed by atoms with van der Waals surface area (Å²) in [5, 5.41) is 14.8. The quantitative estimate of drug-likeness (QED) is 0.303. The Kier molecular flexibility index (Phi) is 7.58. The van der Waals surface area contributed by atoms with Gasteiger partial charge in [0.15, 0.2) is 22.8 Å². The Labute approximate surface area is 246 Å². The Balaban J connectivity index is 1.54. The van der Waals surface area contributed by atoms with Crippen molar-refractivity contribution in [3.63, 3.8) is 0 Å². The molecule has 8 nitrogen and oxygen atoms in total. The molecule has 4 N–H and O–H groups in total. The number of aromatic nitrogens is 1. The molecular weight excluding hydrogens is 570 g/mol. The van der Waals surface area contributed by atoms with E-state index in [1.807, 2.05) is 0 Å². The SMILES string of the molecule is COc1cc(C(=O)NC[C@](O)(c2cc3c(c(-c4ccc(F)cc4)n2)OC[C@@]3(N)C(F)(F)F)C(C)(C)C)ccc1OC1CC1. The van der Waals surface area contributed by atoms with E-state index in [-0.39, 0.29) is 34.4 Å². The third-order valence-corrected chi connectivity index (χ3v) is 7.93. The van der Waals surface area contributed by atoms with Crippen molar-refractivity contribution in [2.75, 3.05) is 20.3 Å². The van der Waals surface area contributed by atoms with Crippen LogP contribution in [-0.2, 0) is 11.1 Å². The number of rotatable bonds is 8. The van der Waals surface area contributed by atoms with Gasteiger partial charge in [0, 0.05) is 16.7 Å². The number of nitrogens with two attached hydrogens (primary N) is 1. The predicted octanol–water partition coefficient (Wildman–Crippen LogP) is 5.21. The highest BCUT2D eigenvalue weighted by molar-refractivity contribution is 5.95. The number of hydrogen-bond acceptors (Lipinski definition) is 7. The molecule has 43 heavy (non-hydrogen) atoms. The van der Waals surface area contributed by atoms with Crippen LogP contribution in [0.5, 0.6) is 17.2 Å². The van der Waals surface area contributed by atoms with Crippen LogP contribution in [0.25, 0.3) is 11.3 Å². The first kappa shape index (κ1) is 30.6. The third kappa shape index (κ3) is 5.61. The second-order valence-electron chi connectivity index (χ2n) is 12.0. The van der Waals surface area contributed by atoms with Crippen LogP contribution in [0.4, 0.5) is 17.6 Å². The number of halogens is 4. The van der Waals surface area contributed by atoms with E-state index in [9.17, 15) is 27.5 Å². The molecule has 0 saturated heterocycles. The summed E-state index contributed by atoms with van der Waals surface area (Å²) in [6.45, 7) is 3.66. The van der Waals surface area contributed by atoms with E-state index in [0.717, 1.165) is 31.0 Å². The second kappa shape index (κ2) is 10.7. The molecule has 0 bridgehead atoms. The minimum atomic E-state index is -4.90. The van der Waals surface area contributed by atoms with Crippen LogP contribution in [0.15, 0.2) is 48.5 Å². The number of methoxy groups -OCH3 is 1. The van der Waals surface area contributed by atoms with Gasteiger partial charge in [-0.2, -0.15) is 13.2 Å². The Morgan fingerprint density at radius 1 is 1.12 bits per heavy atom. The first-order chi connectivity index (χ1) is 20.1. The maximum atomic E-state index is 14.3. The Morgan fingerprint density at radius 3 is 2.37 bits per heavy atom. The zero-order valence-electron chi connectivity index (χ0n) is 24.1. The van der Waals surface area contributed by atoms with E-state index in [1.165, 1.54) is 25.3 Å². The summed E-state index contributed by atoms with van der Waals surface area (Å²) in [7, 11) is 1.45. The van der Waals surface area contributed by atoms with E-state index in [4.69, 9.17) is 19.9 Å². The van der Waals surface area contributed by atoms with Gasteiger partial charge in [0.1, 0.15) is 23.7 Å². The maximum absolute atomic E-state index is 14.3. The van der Waals surface area contributed by atoms with E-state index >= 15 is 0 Å². The van der Waals surface area contributed by atoms with Crippen molar-refractivity contribution in [2.45, 2.75) is 57.0 Å². The lowest BCUT2D eigenvalue weighted by Gasteiger charge is -2.40.